The molecule has 1 aromatic heterocycles. The minimum Gasteiger partial charge on any atom is -0.497 e. The van der Waals surface area contributed by atoms with Crippen molar-refractivity contribution in [2.45, 2.75) is 13.0 Å². The van der Waals surface area contributed by atoms with E-state index in [0.717, 1.165) is 17.2 Å². The summed E-state index contributed by atoms with van der Waals surface area (Å²) in [5, 5.41) is 6.81. The summed E-state index contributed by atoms with van der Waals surface area (Å²) >= 11 is 5.25. The Morgan fingerprint density at radius 3 is 2.58 bits per heavy atom. The first-order valence-corrected chi connectivity index (χ1v) is 6.35. The highest BCUT2D eigenvalue weighted by Gasteiger charge is 2.09. The van der Waals surface area contributed by atoms with E-state index in [1.165, 1.54) is 0 Å². The van der Waals surface area contributed by atoms with Crippen LogP contribution in [0.3, 0.4) is 0 Å². The fraction of sp³-hybridized carbons (Fsp3) is 0.214. The molecule has 0 radical (unpaired) electrons. The number of furan rings is 1. The van der Waals surface area contributed by atoms with E-state index in [1.807, 2.05) is 43.3 Å². The van der Waals surface area contributed by atoms with E-state index in [0.29, 0.717) is 5.11 Å². The maximum atomic E-state index is 5.31. The highest BCUT2D eigenvalue weighted by atomic mass is 32.1. The van der Waals surface area contributed by atoms with Gasteiger partial charge in [-0.25, -0.2) is 0 Å². The molecule has 1 atom stereocenters. The van der Waals surface area contributed by atoms with Crippen LogP contribution in [0.2, 0.25) is 0 Å². The Bertz CT molecular complexity index is 523. The second kappa shape index (κ2) is 6.24. The molecule has 1 aromatic carbocycles. The van der Waals surface area contributed by atoms with Crippen molar-refractivity contribution in [3.63, 3.8) is 0 Å². The number of nitrogens with one attached hydrogen (secondary N) is 2. The van der Waals surface area contributed by atoms with Gasteiger partial charge >= 0.3 is 0 Å². The molecule has 2 aromatic rings. The van der Waals surface area contributed by atoms with E-state index < -0.39 is 0 Å². The minimum absolute atomic E-state index is 0.0215. The topological polar surface area (TPSA) is 46.4 Å². The van der Waals surface area contributed by atoms with E-state index in [-0.39, 0.29) is 6.04 Å². The van der Waals surface area contributed by atoms with Gasteiger partial charge in [-0.2, -0.15) is 0 Å². The molecule has 0 unspecified atom stereocenters. The summed E-state index contributed by atoms with van der Waals surface area (Å²) in [6.45, 7) is 1.99. The Morgan fingerprint density at radius 1 is 1.26 bits per heavy atom. The first-order valence-electron chi connectivity index (χ1n) is 5.94. The van der Waals surface area contributed by atoms with Crippen molar-refractivity contribution in [1.82, 2.24) is 5.32 Å². The summed E-state index contributed by atoms with van der Waals surface area (Å²) in [7, 11) is 1.64. The third-order valence-electron chi connectivity index (χ3n) is 2.67. The summed E-state index contributed by atoms with van der Waals surface area (Å²) in [6.07, 6.45) is 1.65. The number of thiocarbonyl (C=S) groups is 1. The van der Waals surface area contributed by atoms with Crippen LogP contribution < -0.4 is 15.4 Å². The molecule has 1 heterocycles. The van der Waals surface area contributed by atoms with Crippen molar-refractivity contribution >= 4 is 23.0 Å². The number of ether oxygens (including phenoxy) is 1. The van der Waals surface area contributed by atoms with Crippen molar-refractivity contribution < 1.29 is 9.15 Å². The fourth-order valence-electron chi connectivity index (χ4n) is 1.65. The number of anilines is 1. The van der Waals surface area contributed by atoms with Crippen molar-refractivity contribution in [3.05, 3.63) is 48.4 Å². The number of rotatable bonds is 4. The Balaban J connectivity index is 1.90. The molecule has 0 bridgehead atoms. The van der Waals surface area contributed by atoms with Gasteiger partial charge in [-0.1, -0.05) is 0 Å². The first kappa shape index (κ1) is 13.4. The van der Waals surface area contributed by atoms with Crippen molar-refractivity contribution in [3.8, 4) is 5.75 Å². The van der Waals surface area contributed by atoms with Gasteiger partial charge in [0.15, 0.2) is 5.11 Å². The Hall–Kier alpha value is -2.01. The lowest BCUT2D eigenvalue weighted by Gasteiger charge is -2.15. The van der Waals surface area contributed by atoms with E-state index in [4.69, 9.17) is 21.4 Å². The van der Waals surface area contributed by atoms with Crippen molar-refractivity contribution in [2.75, 3.05) is 12.4 Å². The van der Waals surface area contributed by atoms with Crippen molar-refractivity contribution in [1.29, 1.82) is 0 Å². The molecule has 5 heteroatoms. The molecule has 0 amide bonds. The molecular formula is C14H16N2O2S. The normalized spacial score (nSPS) is 11.7. The van der Waals surface area contributed by atoms with Gasteiger partial charge in [0.1, 0.15) is 11.5 Å². The predicted octanol–water partition coefficient (Wildman–Crippen LogP) is 3.34. The van der Waals surface area contributed by atoms with Crippen LogP contribution in [0.15, 0.2) is 47.1 Å². The van der Waals surface area contributed by atoms with Gasteiger partial charge in [-0.05, 0) is 55.5 Å². The lowest BCUT2D eigenvalue weighted by atomic mass is 10.2. The van der Waals surface area contributed by atoms with E-state index in [2.05, 4.69) is 10.6 Å². The zero-order valence-electron chi connectivity index (χ0n) is 10.8. The zero-order chi connectivity index (χ0) is 13.7. The molecular weight excluding hydrogens is 260 g/mol. The quantitative estimate of drug-likeness (QED) is 0.839. The number of hydrogen-bond donors (Lipinski definition) is 2. The molecule has 0 saturated carbocycles. The maximum Gasteiger partial charge on any atom is 0.171 e. The van der Waals surface area contributed by atoms with Gasteiger partial charge in [0.25, 0.3) is 0 Å². The van der Waals surface area contributed by atoms with Crippen LogP contribution in [0.4, 0.5) is 5.69 Å². The van der Waals surface area contributed by atoms with Gasteiger partial charge in [0.2, 0.25) is 0 Å². The van der Waals surface area contributed by atoms with Crippen LogP contribution in [0.1, 0.15) is 18.7 Å². The van der Waals surface area contributed by atoms with Crippen LogP contribution in [0.5, 0.6) is 5.75 Å². The van der Waals surface area contributed by atoms with Crippen LogP contribution >= 0.6 is 12.2 Å². The van der Waals surface area contributed by atoms with Crippen molar-refractivity contribution in [2.24, 2.45) is 0 Å². The molecule has 19 heavy (non-hydrogen) atoms. The smallest absolute Gasteiger partial charge is 0.171 e. The molecule has 2 rings (SSSR count). The van der Waals surface area contributed by atoms with E-state index >= 15 is 0 Å². The molecule has 4 nitrogen and oxygen atoms in total. The van der Waals surface area contributed by atoms with Crippen LogP contribution in [-0.4, -0.2) is 12.2 Å². The third kappa shape index (κ3) is 3.72. The van der Waals surface area contributed by atoms with Crippen LogP contribution in [0.25, 0.3) is 0 Å². The average molecular weight is 276 g/mol. The number of hydrogen-bond acceptors (Lipinski definition) is 3. The van der Waals surface area contributed by atoms with E-state index in [1.54, 1.807) is 13.4 Å². The predicted molar refractivity (Wildman–Crippen MR) is 79.5 cm³/mol. The number of benzene rings is 1. The van der Waals surface area contributed by atoms with Gasteiger partial charge in [-0.15, -0.1) is 0 Å². The average Bonchev–Trinajstić information content (AvgIpc) is 2.93. The Morgan fingerprint density at radius 2 is 2.00 bits per heavy atom. The molecule has 0 spiro atoms. The largest absolute Gasteiger partial charge is 0.497 e. The molecule has 2 N–H and O–H groups in total. The molecule has 0 aliphatic carbocycles. The standard InChI is InChI=1S/C14H16N2O2S/c1-10(13-4-3-9-18-13)15-14(19)16-11-5-7-12(17-2)8-6-11/h3-10H,1-2H3,(H2,15,16,19)/t10-/m1/s1. The van der Waals surface area contributed by atoms with Gasteiger partial charge < -0.3 is 19.8 Å². The van der Waals surface area contributed by atoms with Crippen LogP contribution in [-0.2, 0) is 0 Å². The van der Waals surface area contributed by atoms with Crippen LogP contribution in [0, 0.1) is 0 Å². The fourth-order valence-corrected chi connectivity index (χ4v) is 1.94. The Labute approximate surface area is 117 Å². The maximum absolute atomic E-state index is 5.31. The summed E-state index contributed by atoms with van der Waals surface area (Å²) in [5.74, 6) is 1.66. The van der Waals surface area contributed by atoms with Gasteiger partial charge in [0, 0.05) is 5.69 Å². The lowest BCUT2D eigenvalue weighted by molar-refractivity contribution is 0.415. The first-order chi connectivity index (χ1) is 9.19. The monoisotopic (exact) mass is 276 g/mol. The molecule has 100 valence electrons. The lowest BCUT2D eigenvalue weighted by Crippen LogP contribution is -2.30. The second-order valence-corrected chi connectivity index (χ2v) is 4.47. The van der Waals surface area contributed by atoms with E-state index in [9.17, 15) is 0 Å². The zero-order valence-corrected chi connectivity index (χ0v) is 11.7. The summed E-state index contributed by atoms with van der Waals surface area (Å²) in [5.41, 5.74) is 0.907. The third-order valence-corrected chi connectivity index (χ3v) is 2.89. The Kier molecular flexibility index (Phi) is 4.41. The minimum atomic E-state index is 0.0215. The molecule has 0 aliphatic rings. The molecule has 0 saturated heterocycles. The van der Waals surface area contributed by atoms with Gasteiger partial charge in [-0.3, -0.25) is 0 Å². The highest BCUT2D eigenvalue weighted by molar-refractivity contribution is 7.80. The number of methoxy groups -OCH3 is 1. The molecule has 0 aliphatic heterocycles. The van der Waals surface area contributed by atoms with Gasteiger partial charge in [0.05, 0.1) is 19.4 Å². The SMILES string of the molecule is COc1ccc(NC(=S)N[C@H](C)c2ccco2)cc1. The second-order valence-electron chi connectivity index (χ2n) is 4.06. The summed E-state index contributed by atoms with van der Waals surface area (Å²) in [6, 6.07) is 11.4. The highest BCUT2D eigenvalue weighted by Crippen LogP contribution is 2.16. The summed E-state index contributed by atoms with van der Waals surface area (Å²) < 4.78 is 10.4. The summed E-state index contributed by atoms with van der Waals surface area (Å²) in [4.78, 5) is 0. The molecule has 0 fully saturated rings.